The second-order valence-electron chi connectivity index (χ2n) is 4.50. The lowest BCUT2D eigenvalue weighted by Crippen LogP contribution is -2.02. The van der Waals surface area contributed by atoms with Crippen molar-refractivity contribution in [3.05, 3.63) is 42.0 Å². The minimum atomic E-state index is 0.360. The Bertz CT molecular complexity index is 830. The number of hydrogen-bond donors (Lipinski definition) is 1. The van der Waals surface area contributed by atoms with Crippen molar-refractivity contribution in [1.29, 1.82) is 5.26 Å². The summed E-state index contributed by atoms with van der Waals surface area (Å²) in [6.07, 6.45) is 0.381. The topological polar surface area (TPSA) is 89.8 Å². The van der Waals surface area contributed by atoms with Gasteiger partial charge in [0.1, 0.15) is 5.52 Å². The lowest BCUT2D eigenvalue weighted by atomic mass is 10.1. The summed E-state index contributed by atoms with van der Waals surface area (Å²) in [5, 5.41) is 8.71. The molecule has 1 aromatic carbocycles. The first-order chi connectivity index (χ1) is 10.2. The molecule has 0 amide bonds. The fourth-order valence-electron chi connectivity index (χ4n) is 2.18. The summed E-state index contributed by atoms with van der Waals surface area (Å²) in [7, 11) is 1.56. The molecule has 0 aliphatic rings. The number of methoxy groups -OCH3 is 1. The molecule has 2 aromatic heterocycles. The Morgan fingerprint density at radius 1 is 1.19 bits per heavy atom. The molecule has 104 valence electrons. The number of pyridine rings is 1. The van der Waals surface area contributed by atoms with E-state index >= 15 is 0 Å². The van der Waals surface area contributed by atoms with Crippen LogP contribution in [0.5, 0.6) is 5.88 Å². The molecular formula is C15H13N5O. The molecular weight excluding hydrogens is 266 g/mol. The van der Waals surface area contributed by atoms with Crippen LogP contribution in [0.2, 0.25) is 0 Å². The summed E-state index contributed by atoms with van der Waals surface area (Å²) in [5.41, 5.74) is 9.13. The van der Waals surface area contributed by atoms with Crippen LogP contribution in [0.1, 0.15) is 5.56 Å². The van der Waals surface area contributed by atoms with Crippen molar-refractivity contribution in [3.63, 3.8) is 0 Å². The highest BCUT2D eigenvalue weighted by Gasteiger charge is 2.12. The number of imidazole rings is 1. The largest absolute Gasteiger partial charge is 0.481 e. The van der Waals surface area contributed by atoms with Crippen molar-refractivity contribution in [2.45, 2.75) is 6.42 Å². The molecule has 0 unspecified atom stereocenters. The van der Waals surface area contributed by atoms with Crippen LogP contribution in [0.25, 0.3) is 16.9 Å². The molecule has 0 aliphatic carbocycles. The van der Waals surface area contributed by atoms with Gasteiger partial charge in [0, 0.05) is 6.07 Å². The van der Waals surface area contributed by atoms with Gasteiger partial charge in [-0.1, -0.05) is 12.1 Å². The lowest BCUT2D eigenvalue weighted by Gasteiger charge is -2.07. The van der Waals surface area contributed by atoms with E-state index < -0.39 is 0 Å². The van der Waals surface area contributed by atoms with Crippen LogP contribution in [0, 0.1) is 11.3 Å². The number of nitrogens with zero attached hydrogens (tertiary/aromatic N) is 4. The lowest BCUT2D eigenvalue weighted by molar-refractivity contribution is 0.399. The molecule has 0 bridgehead atoms. The Kier molecular flexibility index (Phi) is 3.16. The number of nitrogens with two attached hydrogens (primary N) is 1. The smallest absolute Gasteiger partial charge is 0.215 e. The van der Waals surface area contributed by atoms with Gasteiger partial charge in [-0.2, -0.15) is 10.2 Å². The summed E-state index contributed by atoms with van der Waals surface area (Å²) in [5.74, 6) is 0.864. The predicted molar refractivity (Wildman–Crippen MR) is 79.1 cm³/mol. The van der Waals surface area contributed by atoms with E-state index in [0.29, 0.717) is 29.4 Å². The zero-order valence-electron chi connectivity index (χ0n) is 11.4. The fourth-order valence-corrected chi connectivity index (χ4v) is 2.18. The average molecular weight is 279 g/mol. The number of ether oxygens (including phenoxy) is 1. The van der Waals surface area contributed by atoms with Gasteiger partial charge in [0.2, 0.25) is 11.8 Å². The highest BCUT2D eigenvalue weighted by Crippen LogP contribution is 2.23. The van der Waals surface area contributed by atoms with E-state index in [1.807, 2.05) is 30.3 Å². The van der Waals surface area contributed by atoms with Crippen molar-refractivity contribution in [1.82, 2.24) is 14.5 Å². The first-order valence-electron chi connectivity index (χ1n) is 6.38. The van der Waals surface area contributed by atoms with E-state index in [0.717, 1.165) is 11.3 Å². The van der Waals surface area contributed by atoms with Crippen molar-refractivity contribution in [3.8, 4) is 17.6 Å². The molecule has 6 nitrogen and oxygen atoms in total. The van der Waals surface area contributed by atoms with Crippen LogP contribution in [0.3, 0.4) is 0 Å². The fraction of sp³-hybridized carbons (Fsp3) is 0.133. The van der Waals surface area contributed by atoms with Gasteiger partial charge in [-0.05, 0) is 23.8 Å². The molecule has 0 fully saturated rings. The second-order valence-corrected chi connectivity index (χ2v) is 4.50. The summed E-state index contributed by atoms with van der Waals surface area (Å²) in [6.45, 7) is 0. The van der Waals surface area contributed by atoms with Crippen LogP contribution in [-0.4, -0.2) is 21.6 Å². The second kappa shape index (κ2) is 5.13. The molecule has 3 aromatic rings. The number of fused-ring (bicyclic) bond motifs is 1. The first-order valence-corrected chi connectivity index (χ1v) is 6.38. The maximum absolute atomic E-state index is 8.71. The molecule has 0 atom stereocenters. The monoisotopic (exact) mass is 279 g/mol. The van der Waals surface area contributed by atoms with Gasteiger partial charge in [-0.3, -0.25) is 4.57 Å². The van der Waals surface area contributed by atoms with Crippen molar-refractivity contribution >= 4 is 17.1 Å². The van der Waals surface area contributed by atoms with Gasteiger partial charge in [0.05, 0.1) is 25.3 Å². The third-order valence-corrected chi connectivity index (χ3v) is 3.19. The first kappa shape index (κ1) is 12.9. The third-order valence-electron chi connectivity index (χ3n) is 3.19. The number of rotatable bonds is 3. The summed E-state index contributed by atoms with van der Waals surface area (Å²) >= 11 is 0. The van der Waals surface area contributed by atoms with Crippen molar-refractivity contribution in [2.24, 2.45) is 0 Å². The minimum absolute atomic E-state index is 0.360. The van der Waals surface area contributed by atoms with Crippen LogP contribution in [-0.2, 0) is 6.42 Å². The molecule has 3 rings (SSSR count). The van der Waals surface area contributed by atoms with Gasteiger partial charge in [-0.15, -0.1) is 0 Å². The number of hydrogen-bond acceptors (Lipinski definition) is 5. The number of anilines is 1. The minimum Gasteiger partial charge on any atom is -0.481 e. The standard InChI is InChI=1S/C15H13N5O/c1-21-13-7-6-12-14(19-13)20(15(17)18-12)11-4-2-10(3-5-11)8-9-16/h2-7H,8H2,1H3,(H2,17,18). The SMILES string of the molecule is COc1ccc2nc(N)n(-c3ccc(CC#N)cc3)c2n1. The number of benzene rings is 1. The van der Waals surface area contributed by atoms with Crippen LogP contribution < -0.4 is 10.5 Å². The molecule has 0 saturated heterocycles. The normalized spacial score (nSPS) is 10.5. The Morgan fingerprint density at radius 2 is 1.95 bits per heavy atom. The van der Waals surface area contributed by atoms with Gasteiger partial charge in [0.25, 0.3) is 0 Å². The molecule has 0 aliphatic heterocycles. The Morgan fingerprint density at radius 3 is 2.62 bits per heavy atom. The van der Waals surface area contributed by atoms with Gasteiger partial charge in [-0.25, -0.2) is 4.98 Å². The molecule has 21 heavy (non-hydrogen) atoms. The summed E-state index contributed by atoms with van der Waals surface area (Å²) in [4.78, 5) is 8.69. The maximum Gasteiger partial charge on any atom is 0.215 e. The van der Waals surface area contributed by atoms with E-state index in [2.05, 4.69) is 16.0 Å². The number of aromatic nitrogens is 3. The maximum atomic E-state index is 8.71. The van der Waals surface area contributed by atoms with Gasteiger partial charge < -0.3 is 10.5 Å². The van der Waals surface area contributed by atoms with Crippen molar-refractivity contribution in [2.75, 3.05) is 12.8 Å². The molecule has 2 heterocycles. The molecule has 0 radical (unpaired) electrons. The van der Waals surface area contributed by atoms with E-state index in [1.54, 1.807) is 17.7 Å². The van der Waals surface area contributed by atoms with Crippen LogP contribution in [0.4, 0.5) is 5.95 Å². The van der Waals surface area contributed by atoms with Crippen LogP contribution >= 0.6 is 0 Å². The highest BCUT2D eigenvalue weighted by atomic mass is 16.5. The Hall–Kier alpha value is -3.07. The van der Waals surface area contributed by atoms with E-state index in [4.69, 9.17) is 15.7 Å². The Balaban J connectivity index is 2.14. The van der Waals surface area contributed by atoms with Crippen LogP contribution in [0.15, 0.2) is 36.4 Å². The molecule has 0 saturated carbocycles. The highest BCUT2D eigenvalue weighted by molar-refractivity contribution is 5.77. The molecule has 0 spiro atoms. The van der Waals surface area contributed by atoms with E-state index in [9.17, 15) is 0 Å². The summed E-state index contributed by atoms with van der Waals surface area (Å²) in [6, 6.07) is 13.3. The quantitative estimate of drug-likeness (QED) is 0.792. The zero-order chi connectivity index (χ0) is 14.8. The predicted octanol–water partition coefficient (Wildman–Crippen LogP) is 2.08. The van der Waals surface area contributed by atoms with Gasteiger partial charge in [0.15, 0.2) is 5.65 Å². The van der Waals surface area contributed by atoms with E-state index in [1.165, 1.54) is 0 Å². The average Bonchev–Trinajstić information content (AvgIpc) is 2.83. The third kappa shape index (κ3) is 2.25. The van der Waals surface area contributed by atoms with E-state index in [-0.39, 0.29) is 0 Å². The zero-order valence-corrected chi connectivity index (χ0v) is 11.4. The number of nitrogen functional groups attached to an aromatic ring is 1. The van der Waals surface area contributed by atoms with Gasteiger partial charge >= 0.3 is 0 Å². The summed E-state index contributed by atoms with van der Waals surface area (Å²) < 4.78 is 6.90. The number of nitriles is 1. The Labute approximate surface area is 121 Å². The molecule has 2 N–H and O–H groups in total. The molecule has 6 heteroatoms. The van der Waals surface area contributed by atoms with Crippen molar-refractivity contribution < 1.29 is 4.74 Å².